The Labute approximate surface area is 111 Å². The van der Waals surface area contributed by atoms with Crippen molar-refractivity contribution in [3.8, 4) is 0 Å². The maximum absolute atomic E-state index is 5.95. The number of hydrogen-bond acceptors (Lipinski definition) is 4. The van der Waals surface area contributed by atoms with Crippen LogP contribution in [-0.2, 0) is 6.54 Å². The largest absolute Gasteiger partial charge is 0.398 e. The smallest absolute Gasteiger partial charge is 0.0953 e. The molecule has 3 rings (SSSR count). The first-order valence-corrected chi connectivity index (χ1v) is 6.11. The molecular weight excluding hydrogens is 236 g/mol. The number of nitrogens with one attached hydrogen (secondary N) is 1. The number of hydrogen-bond donors (Lipinski definition) is 2. The van der Waals surface area contributed by atoms with Gasteiger partial charge in [-0.15, -0.1) is 0 Å². The first-order valence-electron chi connectivity index (χ1n) is 6.11. The number of fused-ring (bicyclic) bond motifs is 1. The van der Waals surface area contributed by atoms with Crippen LogP contribution < -0.4 is 11.1 Å². The van der Waals surface area contributed by atoms with Crippen molar-refractivity contribution in [2.75, 3.05) is 11.1 Å². The molecule has 0 saturated carbocycles. The van der Waals surface area contributed by atoms with E-state index in [0.717, 1.165) is 28.0 Å². The first-order chi connectivity index (χ1) is 9.34. The maximum atomic E-state index is 5.95. The van der Waals surface area contributed by atoms with E-state index in [1.54, 1.807) is 12.4 Å². The Balaban J connectivity index is 1.91. The predicted molar refractivity (Wildman–Crippen MR) is 77.7 cm³/mol. The van der Waals surface area contributed by atoms with E-state index in [9.17, 15) is 0 Å². The van der Waals surface area contributed by atoms with Crippen molar-refractivity contribution in [1.82, 2.24) is 9.97 Å². The second-order valence-corrected chi connectivity index (χ2v) is 4.28. The van der Waals surface area contributed by atoms with Crippen LogP contribution in [0, 0.1) is 0 Å². The second-order valence-electron chi connectivity index (χ2n) is 4.28. The molecule has 0 amide bonds. The van der Waals surface area contributed by atoms with E-state index in [0.29, 0.717) is 6.54 Å². The number of anilines is 2. The van der Waals surface area contributed by atoms with Gasteiger partial charge >= 0.3 is 0 Å². The molecule has 0 bridgehead atoms. The van der Waals surface area contributed by atoms with E-state index in [4.69, 9.17) is 5.73 Å². The molecule has 0 fully saturated rings. The van der Waals surface area contributed by atoms with Crippen molar-refractivity contribution in [2.45, 2.75) is 6.54 Å². The molecule has 0 atom stereocenters. The summed E-state index contributed by atoms with van der Waals surface area (Å²) in [5, 5.41) is 4.32. The monoisotopic (exact) mass is 250 g/mol. The summed E-state index contributed by atoms with van der Waals surface area (Å²) in [6, 6.07) is 13.6. The van der Waals surface area contributed by atoms with E-state index in [-0.39, 0.29) is 0 Å². The quantitative estimate of drug-likeness (QED) is 0.702. The maximum Gasteiger partial charge on any atom is 0.0953 e. The van der Waals surface area contributed by atoms with Gasteiger partial charge in [-0.3, -0.25) is 9.97 Å². The van der Waals surface area contributed by atoms with E-state index in [1.807, 2.05) is 42.5 Å². The van der Waals surface area contributed by atoms with Crippen LogP contribution in [-0.4, -0.2) is 9.97 Å². The SMILES string of the molecule is Nc1ccc(NCc2ccccn2)c2ncccc12. The van der Waals surface area contributed by atoms with Crippen LogP contribution in [0.5, 0.6) is 0 Å². The number of aromatic nitrogens is 2. The van der Waals surface area contributed by atoms with Crippen LogP contribution >= 0.6 is 0 Å². The van der Waals surface area contributed by atoms with Gasteiger partial charge in [-0.05, 0) is 36.4 Å². The fourth-order valence-corrected chi connectivity index (χ4v) is 2.03. The molecule has 0 aliphatic heterocycles. The molecule has 2 aromatic heterocycles. The highest BCUT2D eigenvalue weighted by Crippen LogP contribution is 2.26. The molecule has 4 nitrogen and oxygen atoms in total. The lowest BCUT2D eigenvalue weighted by atomic mass is 10.1. The zero-order valence-corrected chi connectivity index (χ0v) is 10.4. The third-order valence-corrected chi connectivity index (χ3v) is 2.99. The number of benzene rings is 1. The number of pyridine rings is 2. The molecule has 94 valence electrons. The minimum Gasteiger partial charge on any atom is -0.398 e. The van der Waals surface area contributed by atoms with E-state index in [1.165, 1.54) is 0 Å². The highest BCUT2D eigenvalue weighted by Gasteiger charge is 2.04. The van der Waals surface area contributed by atoms with Gasteiger partial charge in [-0.2, -0.15) is 0 Å². The van der Waals surface area contributed by atoms with Gasteiger partial charge in [0.05, 0.1) is 23.4 Å². The summed E-state index contributed by atoms with van der Waals surface area (Å²) in [5.74, 6) is 0. The van der Waals surface area contributed by atoms with Gasteiger partial charge in [-0.1, -0.05) is 6.07 Å². The Hall–Kier alpha value is -2.62. The molecule has 2 heterocycles. The van der Waals surface area contributed by atoms with Gasteiger partial charge in [0.15, 0.2) is 0 Å². The topological polar surface area (TPSA) is 63.8 Å². The van der Waals surface area contributed by atoms with Crippen LogP contribution in [0.3, 0.4) is 0 Å². The zero-order valence-electron chi connectivity index (χ0n) is 10.4. The molecule has 0 aliphatic rings. The fourth-order valence-electron chi connectivity index (χ4n) is 2.03. The minimum atomic E-state index is 0.663. The van der Waals surface area contributed by atoms with Gasteiger partial charge < -0.3 is 11.1 Å². The van der Waals surface area contributed by atoms with E-state index >= 15 is 0 Å². The highest BCUT2D eigenvalue weighted by atomic mass is 14.9. The lowest BCUT2D eigenvalue weighted by Gasteiger charge is -2.10. The Morgan fingerprint density at radius 3 is 2.68 bits per heavy atom. The molecule has 3 N–H and O–H groups in total. The van der Waals surface area contributed by atoms with Crippen molar-refractivity contribution >= 4 is 22.3 Å². The van der Waals surface area contributed by atoms with Crippen molar-refractivity contribution in [3.05, 3.63) is 60.6 Å². The van der Waals surface area contributed by atoms with Gasteiger partial charge in [0, 0.05) is 23.5 Å². The lowest BCUT2D eigenvalue weighted by Crippen LogP contribution is -2.02. The summed E-state index contributed by atoms with van der Waals surface area (Å²) in [6.45, 7) is 0.663. The molecule has 0 saturated heterocycles. The van der Waals surface area contributed by atoms with Gasteiger partial charge in [0.2, 0.25) is 0 Å². The molecule has 0 aliphatic carbocycles. The molecule has 1 aromatic carbocycles. The molecule has 0 radical (unpaired) electrons. The van der Waals surface area contributed by atoms with E-state index in [2.05, 4.69) is 15.3 Å². The lowest BCUT2D eigenvalue weighted by molar-refractivity contribution is 1.05. The zero-order chi connectivity index (χ0) is 13.1. The Morgan fingerprint density at radius 2 is 1.84 bits per heavy atom. The normalized spacial score (nSPS) is 10.5. The van der Waals surface area contributed by atoms with Crippen LogP contribution in [0.2, 0.25) is 0 Å². The van der Waals surface area contributed by atoms with Crippen LogP contribution in [0.25, 0.3) is 10.9 Å². The third-order valence-electron chi connectivity index (χ3n) is 2.99. The molecule has 0 unspecified atom stereocenters. The molecule has 0 spiro atoms. The first kappa shape index (κ1) is 11.5. The predicted octanol–water partition coefficient (Wildman–Crippen LogP) is 2.82. The Kier molecular flexibility index (Phi) is 2.98. The Bertz CT molecular complexity index is 695. The summed E-state index contributed by atoms with van der Waals surface area (Å²) in [5.41, 5.74) is 9.54. The fraction of sp³-hybridized carbons (Fsp3) is 0.0667. The van der Waals surface area contributed by atoms with Crippen LogP contribution in [0.4, 0.5) is 11.4 Å². The summed E-state index contributed by atoms with van der Waals surface area (Å²) < 4.78 is 0. The average molecular weight is 250 g/mol. The molecule has 19 heavy (non-hydrogen) atoms. The van der Waals surface area contributed by atoms with Gasteiger partial charge in [-0.25, -0.2) is 0 Å². The van der Waals surface area contributed by atoms with E-state index < -0.39 is 0 Å². The third kappa shape index (κ3) is 2.33. The molecular formula is C15H14N4. The van der Waals surface area contributed by atoms with Gasteiger partial charge in [0.25, 0.3) is 0 Å². The van der Waals surface area contributed by atoms with Crippen LogP contribution in [0.1, 0.15) is 5.69 Å². The minimum absolute atomic E-state index is 0.663. The highest BCUT2D eigenvalue weighted by molar-refractivity contribution is 5.98. The summed E-state index contributed by atoms with van der Waals surface area (Å²) in [7, 11) is 0. The average Bonchev–Trinajstić information content (AvgIpc) is 2.48. The van der Waals surface area contributed by atoms with Gasteiger partial charge in [0.1, 0.15) is 0 Å². The van der Waals surface area contributed by atoms with Crippen molar-refractivity contribution in [3.63, 3.8) is 0 Å². The molecule has 3 aromatic rings. The van der Waals surface area contributed by atoms with Crippen molar-refractivity contribution < 1.29 is 0 Å². The van der Waals surface area contributed by atoms with Crippen LogP contribution in [0.15, 0.2) is 54.9 Å². The molecule has 4 heteroatoms. The summed E-state index contributed by atoms with van der Waals surface area (Å²) in [4.78, 5) is 8.68. The summed E-state index contributed by atoms with van der Waals surface area (Å²) in [6.07, 6.45) is 3.56. The number of rotatable bonds is 3. The number of nitrogens with two attached hydrogens (primary N) is 1. The second kappa shape index (κ2) is 4.94. The number of nitrogens with zero attached hydrogens (tertiary/aromatic N) is 2. The Morgan fingerprint density at radius 1 is 0.947 bits per heavy atom. The van der Waals surface area contributed by atoms with Crippen molar-refractivity contribution in [2.24, 2.45) is 0 Å². The number of nitrogen functional groups attached to an aromatic ring is 1. The summed E-state index contributed by atoms with van der Waals surface area (Å²) >= 11 is 0. The van der Waals surface area contributed by atoms with Crippen molar-refractivity contribution in [1.29, 1.82) is 0 Å². The standard InChI is InChI=1S/C15H14N4/c16-13-6-7-14(15-12(13)5-3-9-18-15)19-10-11-4-1-2-8-17-11/h1-9,19H,10,16H2.